The van der Waals surface area contributed by atoms with Crippen molar-refractivity contribution in [2.75, 3.05) is 0 Å². The lowest BCUT2D eigenvalue weighted by atomic mass is 9.94. The molecule has 8 aromatic carbocycles. The molecule has 2 heterocycles. The van der Waals surface area contributed by atoms with E-state index in [0.29, 0.717) is 34.9 Å². The molecule has 0 saturated carbocycles. The zero-order valence-electron chi connectivity index (χ0n) is 33.2. The summed E-state index contributed by atoms with van der Waals surface area (Å²) in [5, 5.41) is 2.35. The molecule has 0 atom stereocenters. The van der Waals surface area contributed by atoms with Crippen molar-refractivity contribution in [3.63, 3.8) is 0 Å². The van der Waals surface area contributed by atoms with Crippen LogP contribution in [-0.2, 0) is 0 Å². The largest absolute Gasteiger partial charge is 0.208 e. The molecule has 0 amide bonds. The summed E-state index contributed by atoms with van der Waals surface area (Å²) in [6, 6.07) is 66.8. The first-order valence-electron chi connectivity index (χ1n) is 20.0. The summed E-state index contributed by atoms with van der Waals surface area (Å²) in [4.78, 5) is 29.7. The van der Waals surface area contributed by atoms with Crippen LogP contribution in [0.3, 0.4) is 0 Å². The highest BCUT2D eigenvalue weighted by molar-refractivity contribution is 5.99. The smallest absolute Gasteiger partial charge is 0.164 e. The van der Waals surface area contributed by atoms with Gasteiger partial charge in [0.05, 0.1) is 0 Å². The van der Waals surface area contributed by atoms with Gasteiger partial charge in [0.1, 0.15) is 0 Å². The van der Waals surface area contributed by atoms with Gasteiger partial charge in [-0.1, -0.05) is 188 Å². The van der Waals surface area contributed by atoms with Crippen LogP contribution in [0.1, 0.15) is 11.1 Å². The zero-order chi connectivity index (χ0) is 40.4. The van der Waals surface area contributed by atoms with Crippen LogP contribution in [0.2, 0.25) is 0 Å². The molecule has 0 aliphatic carbocycles. The molecule has 10 aromatic rings. The van der Waals surface area contributed by atoms with E-state index in [9.17, 15) is 0 Å². The summed E-state index contributed by atoms with van der Waals surface area (Å²) >= 11 is 0. The molecular weight excluding hydrogens is 733 g/mol. The maximum absolute atomic E-state index is 4.99. The van der Waals surface area contributed by atoms with Gasteiger partial charge in [-0.25, -0.2) is 29.9 Å². The fourth-order valence-electron chi connectivity index (χ4n) is 7.65. The van der Waals surface area contributed by atoms with E-state index < -0.39 is 0 Å². The van der Waals surface area contributed by atoms with E-state index in [0.717, 1.165) is 66.8 Å². The second-order valence-electron chi connectivity index (χ2n) is 14.9. The zero-order valence-corrected chi connectivity index (χ0v) is 33.2. The Kier molecular flexibility index (Phi) is 9.56. The summed E-state index contributed by atoms with van der Waals surface area (Å²) in [5.41, 5.74) is 12.5. The lowest BCUT2D eigenvalue weighted by molar-refractivity contribution is 1.07. The lowest BCUT2D eigenvalue weighted by Crippen LogP contribution is -2.01. The maximum Gasteiger partial charge on any atom is 0.164 e. The molecular formula is C54H38N6. The highest BCUT2D eigenvalue weighted by Gasteiger charge is 2.16. The second kappa shape index (κ2) is 15.8. The van der Waals surface area contributed by atoms with E-state index in [-0.39, 0.29) is 0 Å². The van der Waals surface area contributed by atoms with E-state index in [1.165, 1.54) is 10.8 Å². The Morgan fingerprint density at radius 1 is 0.250 bits per heavy atom. The topological polar surface area (TPSA) is 77.3 Å². The summed E-state index contributed by atoms with van der Waals surface area (Å²) in [7, 11) is 0. The van der Waals surface area contributed by atoms with Crippen LogP contribution in [0.4, 0.5) is 0 Å². The lowest BCUT2D eigenvalue weighted by Gasteiger charge is -2.12. The number of rotatable bonds is 8. The minimum atomic E-state index is 0.636. The maximum atomic E-state index is 4.99. The first-order valence-corrected chi connectivity index (χ1v) is 20.0. The summed E-state index contributed by atoms with van der Waals surface area (Å²) in [6.07, 6.45) is 0. The van der Waals surface area contributed by atoms with E-state index in [2.05, 4.69) is 123 Å². The molecule has 0 bridgehead atoms. The molecule has 284 valence electrons. The van der Waals surface area contributed by atoms with Crippen LogP contribution in [0.25, 0.3) is 101 Å². The molecule has 0 fully saturated rings. The van der Waals surface area contributed by atoms with Crippen molar-refractivity contribution in [1.82, 2.24) is 29.9 Å². The SMILES string of the molecule is Cc1ccccc1-c1nc(-c2ccccc2)nc(-c2ccc(-c3ccc4cccc(-c5ccc(-c6nc(-c7ccccc7)nc(-c7ccccc7C)n6)cc5)c4c3)cc2)n1. The predicted octanol–water partition coefficient (Wildman–Crippen LogP) is 13.2. The van der Waals surface area contributed by atoms with Crippen molar-refractivity contribution in [3.05, 3.63) is 205 Å². The first-order chi connectivity index (χ1) is 29.5. The Bertz CT molecular complexity index is 3140. The molecule has 0 saturated heterocycles. The first kappa shape index (κ1) is 36.4. The summed E-state index contributed by atoms with van der Waals surface area (Å²) in [5.74, 6) is 3.89. The normalized spacial score (nSPS) is 11.2. The number of benzene rings is 8. The van der Waals surface area contributed by atoms with Gasteiger partial charge in [0.15, 0.2) is 34.9 Å². The quantitative estimate of drug-likeness (QED) is 0.153. The van der Waals surface area contributed by atoms with E-state index >= 15 is 0 Å². The molecule has 6 nitrogen and oxygen atoms in total. The van der Waals surface area contributed by atoms with E-state index in [1.54, 1.807) is 0 Å². The minimum absolute atomic E-state index is 0.636. The number of aryl methyl sites for hydroxylation is 2. The fraction of sp³-hybridized carbons (Fsp3) is 0.0370. The Morgan fingerprint density at radius 3 is 1.10 bits per heavy atom. The van der Waals surface area contributed by atoms with Gasteiger partial charge in [-0.05, 0) is 64.1 Å². The van der Waals surface area contributed by atoms with Crippen molar-refractivity contribution < 1.29 is 0 Å². The van der Waals surface area contributed by atoms with Gasteiger partial charge in [0.25, 0.3) is 0 Å². The second-order valence-corrected chi connectivity index (χ2v) is 14.9. The molecule has 0 aliphatic heterocycles. The van der Waals surface area contributed by atoms with E-state index in [1.807, 2.05) is 84.9 Å². The number of aromatic nitrogens is 6. The average molecular weight is 771 g/mol. The number of nitrogens with zero attached hydrogens (tertiary/aromatic N) is 6. The Morgan fingerprint density at radius 2 is 0.617 bits per heavy atom. The van der Waals surface area contributed by atoms with Crippen LogP contribution < -0.4 is 0 Å². The molecule has 6 heteroatoms. The molecule has 60 heavy (non-hydrogen) atoms. The molecule has 0 radical (unpaired) electrons. The predicted molar refractivity (Wildman–Crippen MR) is 244 cm³/mol. The van der Waals surface area contributed by atoms with Gasteiger partial charge in [0.2, 0.25) is 0 Å². The van der Waals surface area contributed by atoms with Gasteiger partial charge in [0, 0.05) is 33.4 Å². The third kappa shape index (κ3) is 7.23. The van der Waals surface area contributed by atoms with Gasteiger partial charge >= 0.3 is 0 Å². The third-order valence-electron chi connectivity index (χ3n) is 10.9. The summed E-state index contributed by atoms with van der Waals surface area (Å²) in [6.45, 7) is 4.17. The van der Waals surface area contributed by atoms with Crippen LogP contribution in [-0.4, -0.2) is 29.9 Å². The molecule has 0 aliphatic rings. The standard InChI is InChI=1S/C54H38N6/c1-35-14-9-11-21-45(35)53-57-49(40-16-5-3-6-17-40)55-51(59-53)42-29-24-37(25-30-42)44-33-28-38-20-13-23-47(48(38)34-44)39-26-31-43(32-27-39)52-56-50(41-18-7-4-8-19-41)58-54(60-52)46-22-12-10-15-36(46)2/h3-34H,1-2H3. The Hall–Kier alpha value is -7.96. The van der Waals surface area contributed by atoms with Crippen LogP contribution >= 0.6 is 0 Å². The van der Waals surface area contributed by atoms with E-state index in [4.69, 9.17) is 29.9 Å². The molecule has 2 aromatic heterocycles. The molecule has 0 unspecified atom stereocenters. The highest BCUT2D eigenvalue weighted by Crippen LogP contribution is 2.35. The Balaban J connectivity index is 0.982. The average Bonchev–Trinajstić information content (AvgIpc) is 3.32. The van der Waals surface area contributed by atoms with Crippen LogP contribution in [0.5, 0.6) is 0 Å². The summed E-state index contributed by atoms with van der Waals surface area (Å²) < 4.78 is 0. The van der Waals surface area contributed by atoms with Crippen LogP contribution in [0, 0.1) is 13.8 Å². The highest BCUT2D eigenvalue weighted by atomic mass is 15.0. The van der Waals surface area contributed by atoms with Crippen molar-refractivity contribution >= 4 is 10.8 Å². The van der Waals surface area contributed by atoms with Gasteiger partial charge < -0.3 is 0 Å². The van der Waals surface area contributed by atoms with Crippen molar-refractivity contribution in [2.24, 2.45) is 0 Å². The molecule has 10 rings (SSSR count). The minimum Gasteiger partial charge on any atom is -0.208 e. The van der Waals surface area contributed by atoms with Crippen molar-refractivity contribution in [2.45, 2.75) is 13.8 Å². The number of hydrogen-bond donors (Lipinski definition) is 0. The monoisotopic (exact) mass is 770 g/mol. The molecule has 0 spiro atoms. The van der Waals surface area contributed by atoms with Crippen molar-refractivity contribution in [3.8, 4) is 90.6 Å². The van der Waals surface area contributed by atoms with Gasteiger partial charge in [-0.3, -0.25) is 0 Å². The number of fused-ring (bicyclic) bond motifs is 1. The number of hydrogen-bond acceptors (Lipinski definition) is 6. The fourth-order valence-corrected chi connectivity index (χ4v) is 7.65. The van der Waals surface area contributed by atoms with Gasteiger partial charge in [-0.2, -0.15) is 0 Å². The van der Waals surface area contributed by atoms with Crippen LogP contribution in [0.15, 0.2) is 194 Å². The van der Waals surface area contributed by atoms with Crippen molar-refractivity contribution in [1.29, 1.82) is 0 Å². The molecule has 0 N–H and O–H groups in total. The third-order valence-corrected chi connectivity index (χ3v) is 10.9. The Labute approximate surface area is 349 Å². The van der Waals surface area contributed by atoms with Gasteiger partial charge in [-0.15, -0.1) is 0 Å².